The summed E-state index contributed by atoms with van der Waals surface area (Å²) in [7, 11) is 0. The normalized spacial score (nSPS) is 24.3. The summed E-state index contributed by atoms with van der Waals surface area (Å²) in [5, 5.41) is 0. The molecule has 0 aromatic carbocycles. The molecule has 0 atom stereocenters. The van der Waals surface area contributed by atoms with Gasteiger partial charge in [-0.15, -0.1) is 0 Å². The van der Waals surface area contributed by atoms with Crippen molar-refractivity contribution in [1.29, 1.82) is 0 Å². The molecule has 0 saturated heterocycles. The molecular formula is C11H16O2. The Morgan fingerprint density at radius 2 is 2.08 bits per heavy atom. The number of carbonyl (C=O) groups excluding carboxylic acids is 1. The van der Waals surface area contributed by atoms with Crippen LogP contribution in [0.4, 0.5) is 0 Å². The first-order chi connectivity index (χ1) is 6.36. The van der Waals surface area contributed by atoms with Gasteiger partial charge in [-0.2, -0.15) is 0 Å². The first-order valence-corrected chi connectivity index (χ1v) is 5.22. The molecule has 2 nitrogen and oxygen atoms in total. The van der Waals surface area contributed by atoms with Gasteiger partial charge in [0.1, 0.15) is 6.61 Å². The largest absolute Gasteiger partial charge is 0.458 e. The Bertz CT molecular complexity index is 224. The summed E-state index contributed by atoms with van der Waals surface area (Å²) in [4.78, 5) is 11.2. The number of ether oxygens (including phenoxy) is 1. The van der Waals surface area contributed by atoms with Gasteiger partial charge in [-0.1, -0.05) is 32.1 Å². The molecule has 2 aliphatic rings. The molecule has 0 N–H and O–H groups in total. The molecule has 1 aliphatic heterocycles. The van der Waals surface area contributed by atoms with Crippen LogP contribution in [0.2, 0.25) is 0 Å². The van der Waals surface area contributed by atoms with Crippen LogP contribution in [0.25, 0.3) is 0 Å². The molecule has 0 bridgehead atoms. The van der Waals surface area contributed by atoms with Gasteiger partial charge in [-0.25, -0.2) is 4.79 Å². The molecule has 2 rings (SSSR count). The molecule has 0 amide bonds. The van der Waals surface area contributed by atoms with E-state index in [0.29, 0.717) is 6.61 Å². The molecule has 0 unspecified atom stereocenters. The predicted octanol–water partition coefficient (Wildman–Crippen LogP) is 2.44. The molecule has 1 saturated carbocycles. The fraction of sp³-hybridized carbons (Fsp3) is 0.727. The first-order valence-electron chi connectivity index (χ1n) is 5.22. The van der Waals surface area contributed by atoms with Crippen molar-refractivity contribution < 1.29 is 9.53 Å². The average molecular weight is 180 g/mol. The maximum atomic E-state index is 11.2. The summed E-state index contributed by atoms with van der Waals surface area (Å²) in [6.45, 7) is 0.501. The highest BCUT2D eigenvalue weighted by molar-refractivity contribution is 5.90. The molecule has 0 aromatic rings. The van der Waals surface area contributed by atoms with E-state index in [-0.39, 0.29) is 5.97 Å². The number of hydrogen-bond donors (Lipinski definition) is 0. The number of carbonyl (C=O) groups is 1. The SMILES string of the molecule is O=C1OCC=C1CC1CCCCC1. The quantitative estimate of drug-likeness (QED) is 0.610. The Labute approximate surface area is 79.0 Å². The predicted molar refractivity (Wildman–Crippen MR) is 50.2 cm³/mol. The molecule has 1 aliphatic carbocycles. The molecule has 72 valence electrons. The summed E-state index contributed by atoms with van der Waals surface area (Å²) in [6, 6.07) is 0. The van der Waals surface area contributed by atoms with Crippen LogP contribution in [0.15, 0.2) is 11.6 Å². The van der Waals surface area contributed by atoms with Crippen molar-refractivity contribution in [2.24, 2.45) is 5.92 Å². The van der Waals surface area contributed by atoms with Gasteiger partial charge in [-0.05, 0) is 18.4 Å². The second kappa shape index (κ2) is 3.95. The van der Waals surface area contributed by atoms with Gasteiger partial charge < -0.3 is 4.74 Å². The summed E-state index contributed by atoms with van der Waals surface area (Å²) < 4.78 is 4.88. The van der Waals surface area contributed by atoms with E-state index in [1.165, 1.54) is 32.1 Å². The summed E-state index contributed by atoms with van der Waals surface area (Å²) in [6.07, 6.45) is 9.55. The summed E-state index contributed by atoms with van der Waals surface area (Å²) in [5.74, 6) is 0.663. The third kappa shape index (κ3) is 2.11. The fourth-order valence-electron chi connectivity index (χ4n) is 2.26. The van der Waals surface area contributed by atoms with Gasteiger partial charge in [0.25, 0.3) is 0 Å². The third-order valence-electron chi connectivity index (χ3n) is 3.04. The lowest BCUT2D eigenvalue weighted by atomic mass is 9.85. The van der Waals surface area contributed by atoms with Gasteiger partial charge in [0, 0.05) is 5.57 Å². The van der Waals surface area contributed by atoms with Crippen LogP contribution in [0.1, 0.15) is 38.5 Å². The Kier molecular flexibility index (Phi) is 2.67. The molecule has 13 heavy (non-hydrogen) atoms. The zero-order valence-electron chi connectivity index (χ0n) is 7.92. The molecule has 0 spiro atoms. The smallest absolute Gasteiger partial charge is 0.334 e. The van der Waals surface area contributed by atoms with Crippen molar-refractivity contribution in [2.45, 2.75) is 38.5 Å². The average Bonchev–Trinajstić information content (AvgIpc) is 2.54. The Morgan fingerprint density at radius 1 is 1.31 bits per heavy atom. The second-order valence-corrected chi connectivity index (χ2v) is 4.04. The summed E-state index contributed by atoms with van der Waals surface area (Å²) in [5.41, 5.74) is 0.923. The van der Waals surface area contributed by atoms with E-state index in [1.807, 2.05) is 6.08 Å². The molecular weight excluding hydrogens is 164 g/mol. The zero-order valence-corrected chi connectivity index (χ0v) is 7.92. The lowest BCUT2D eigenvalue weighted by molar-refractivity contribution is -0.136. The highest BCUT2D eigenvalue weighted by Crippen LogP contribution is 2.30. The van der Waals surface area contributed by atoms with Crippen LogP contribution in [-0.2, 0) is 9.53 Å². The Balaban J connectivity index is 1.86. The molecule has 0 radical (unpaired) electrons. The minimum Gasteiger partial charge on any atom is -0.458 e. The van der Waals surface area contributed by atoms with E-state index in [4.69, 9.17) is 4.74 Å². The second-order valence-electron chi connectivity index (χ2n) is 4.04. The fourth-order valence-corrected chi connectivity index (χ4v) is 2.26. The van der Waals surface area contributed by atoms with E-state index < -0.39 is 0 Å². The van der Waals surface area contributed by atoms with E-state index in [2.05, 4.69) is 0 Å². The van der Waals surface area contributed by atoms with Crippen molar-refractivity contribution in [2.75, 3.05) is 6.61 Å². The standard InChI is InChI=1S/C11H16O2/c12-11-10(6-7-13-11)8-9-4-2-1-3-5-9/h6,9H,1-5,7-8H2. The van der Waals surface area contributed by atoms with Crippen LogP contribution >= 0.6 is 0 Å². The van der Waals surface area contributed by atoms with Crippen LogP contribution in [0, 0.1) is 5.92 Å². The van der Waals surface area contributed by atoms with Gasteiger partial charge in [0.15, 0.2) is 0 Å². The van der Waals surface area contributed by atoms with E-state index >= 15 is 0 Å². The molecule has 2 heteroatoms. The topological polar surface area (TPSA) is 26.3 Å². The lowest BCUT2D eigenvalue weighted by Gasteiger charge is -2.20. The Morgan fingerprint density at radius 3 is 2.69 bits per heavy atom. The molecule has 1 fully saturated rings. The highest BCUT2D eigenvalue weighted by atomic mass is 16.5. The minimum absolute atomic E-state index is 0.0782. The van der Waals surface area contributed by atoms with Gasteiger partial charge in [0.05, 0.1) is 0 Å². The number of hydrogen-bond acceptors (Lipinski definition) is 2. The Hall–Kier alpha value is -0.790. The number of cyclic esters (lactones) is 1. The monoisotopic (exact) mass is 180 g/mol. The van der Waals surface area contributed by atoms with Crippen molar-refractivity contribution in [3.63, 3.8) is 0 Å². The minimum atomic E-state index is -0.0782. The van der Waals surface area contributed by atoms with Crippen LogP contribution in [0.5, 0.6) is 0 Å². The van der Waals surface area contributed by atoms with Crippen molar-refractivity contribution in [1.82, 2.24) is 0 Å². The van der Waals surface area contributed by atoms with E-state index in [9.17, 15) is 4.79 Å². The van der Waals surface area contributed by atoms with Crippen LogP contribution < -0.4 is 0 Å². The van der Waals surface area contributed by atoms with Gasteiger partial charge in [0.2, 0.25) is 0 Å². The zero-order chi connectivity index (χ0) is 9.10. The number of rotatable bonds is 2. The maximum Gasteiger partial charge on any atom is 0.334 e. The third-order valence-corrected chi connectivity index (χ3v) is 3.04. The molecule has 0 aromatic heterocycles. The lowest BCUT2D eigenvalue weighted by Crippen LogP contribution is -2.10. The van der Waals surface area contributed by atoms with E-state index in [1.54, 1.807) is 0 Å². The van der Waals surface area contributed by atoms with Crippen molar-refractivity contribution in [3.8, 4) is 0 Å². The van der Waals surface area contributed by atoms with Crippen molar-refractivity contribution >= 4 is 5.97 Å². The highest BCUT2D eigenvalue weighted by Gasteiger charge is 2.22. The first kappa shape index (κ1) is 8.79. The van der Waals surface area contributed by atoms with Gasteiger partial charge in [-0.3, -0.25) is 0 Å². The van der Waals surface area contributed by atoms with Crippen molar-refractivity contribution in [3.05, 3.63) is 11.6 Å². The van der Waals surface area contributed by atoms with Gasteiger partial charge >= 0.3 is 5.97 Å². The maximum absolute atomic E-state index is 11.2. The van der Waals surface area contributed by atoms with Crippen LogP contribution in [0.3, 0.4) is 0 Å². The summed E-state index contributed by atoms with van der Waals surface area (Å²) >= 11 is 0. The number of esters is 1. The van der Waals surface area contributed by atoms with Crippen LogP contribution in [-0.4, -0.2) is 12.6 Å². The van der Waals surface area contributed by atoms with E-state index in [0.717, 1.165) is 17.9 Å². The molecule has 1 heterocycles.